The van der Waals surface area contributed by atoms with Crippen molar-refractivity contribution in [1.82, 2.24) is 14.7 Å². The van der Waals surface area contributed by atoms with E-state index in [4.69, 9.17) is 17.0 Å². The molecule has 8 nitrogen and oxygen atoms in total. The van der Waals surface area contributed by atoms with E-state index in [1.54, 1.807) is 28.4 Å². The van der Waals surface area contributed by atoms with Crippen LogP contribution in [0.25, 0.3) is 0 Å². The van der Waals surface area contributed by atoms with E-state index in [1.807, 2.05) is 47.2 Å². The molecule has 0 atom stereocenters. The maximum absolute atomic E-state index is 13.3. The molecule has 10 heteroatoms. The molecule has 0 aliphatic carbocycles. The van der Waals surface area contributed by atoms with Gasteiger partial charge >= 0.3 is 5.97 Å². The molecule has 2 saturated heterocycles. The average Bonchev–Trinajstić information content (AvgIpc) is 3.59. The number of nitrogens with zero attached hydrogens (tertiary/aromatic N) is 4. The quantitative estimate of drug-likeness (QED) is 0.266. The Morgan fingerprint density at radius 3 is 2.55 bits per heavy atom. The molecule has 1 aromatic heterocycles. The Hall–Kier alpha value is -2.82. The molecule has 202 valence electrons. The summed E-state index contributed by atoms with van der Waals surface area (Å²) in [6.07, 6.45) is 3.56. The molecule has 3 aliphatic heterocycles. The number of ether oxygens (including phenoxy) is 1. The molecular weight excluding hydrogens is 520 g/mol. The lowest BCUT2D eigenvalue weighted by molar-refractivity contribution is -0.132. The van der Waals surface area contributed by atoms with Gasteiger partial charge in [-0.1, -0.05) is 12.5 Å². The van der Waals surface area contributed by atoms with Crippen molar-refractivity contribution in [2.75, 3.05) is 44.2 Å². The third-order valence-electron chi connectivity index (χ3n) is 7.74. The van der Waals surface area contributed by atoms with Crippen molar-refractivity contribution in [3.63, 3.8) is 0 Å². The number of thiocarbonyl (C=S) groups is 1. The fourth-order valence-corrected chi connectivity index (χ4v) is 6.58. The van der Waals surface area contributed by atoms with Gasteiger partial charge in [0.1, 0.15) is 12.1 Å². The number of anilines is 1. The standard InChI is InChI=1S/C28H34N4O4S2/c1-28(2)26(35)32(21-8-9-23-20(17-21)19-36-25(23)34)27(37)31(28)11-5-3-4-10-29-12-14-30(15-13-29)24(33)18-22-7-6-16-38-22/h6-9,16-17H,3-5,10-15,18-19H2,1-2H3. The number of amides is 2. The number of carbonyl (C=O) groups is 3. The van der Waals surface area contributed by atoms with E-state index in [2.05, 4.69) is 4.90 Å². The van der Waals surface area contributed by atoms with Crippen LogP contribution in [0.4, 0.5) is 5.69 Å². The number of fused-ring (bicyclic) bond motifs is 1. The van der Waals surface area contributed by atoms with Crippen molar-refractivity contribution in [3.8, 4) is 0 Å². The number of hydrogen-bond acceptors (Lipinski definition) is 7. The monoisotopic (exact) mass is 554 g/mol. The first-order valence-electron chi connectivity index (χ1n) is 13.2. The van der Waals surface area contributed by atoms with Crippen LogP contribution < -0.4 is 4.90 Å². The van der Waals surface area contributed by atoms with Gasteiger partial charge in [-0.3, -0.25) is 19.4 Å². The molecule has 38 heavy (non-hydrogen) atoms. The van der Waals surface area contributed by atoms with E-state index < -0.39 is 5.54 Å². The Morgan fingerprint density at radius 1 is 1.05 bits per heavy atom. The molecule has 0 radical (unpaired) electrons. The second-order valence-electron chi connectivity index (χ2n) is 10.6. The number of hydrogen-bond donors (Lipinski definition) is 0. The summed E-state index contributed by atoms with van der Waals surface area (Å²) in [5, 5.41) is 2.52. The number of rotatable bonds is 9. The maximum Gasteiger partial charge on any atom is 0.338 e. The van der Waals surface area contributed by atoms with Crippen molar-refractivity contribution >= 4 is 52.1 Å². The van der Waals surface area contributed by atoms with Crippen LogP contribution in [-0.4, -0.2) is 82.4 Å². The minimum Gasteiger partial charge on any atom is -0.457 e. The van der Waals surface area contributed by atoms with Crippen LogP contribution in [0.1, 0.15) is 53.9 Å². The summed E-state index contributed by atoms with van der Waals surface area (Å²) < 4.78 is 5.11. The van der Waals surface area contributed by atoms with Crippen molar-refractivity contribution in [3.05, 3.63) is 51.7 Å². The summed E-state index contributed by atoms with van der Waals surface area (Å²) in [6.45, 7) is 9.21. The summed E-state index contributed by atoms with van der Waals surface area (Å²) in [6, 6.07) is 9.33. The highest BCUT2D eigenvalue weighted by atomic mass is 32.1. The van der Waals surface area contributed by atoms with Crippen molar-refractivity contribution in [1.29, 1.82) is 0 Å². The first kappa shape index (κ1) is 26.8. The first-order valence-corrected chi connectivity index (χ1v) is 14.5. The third-order valence-corrected chi connectivity index (χ3v) is 9.02. The number of thiophene rings is 1. The van der Waals surface area contributed by atoms with E-state index >= 15 is 0 Å². The first-order chi connectivity index (χ1) is 18.3. The number of esters is 1. The summed E-state index contributed by atoms with van der Waals surface area (Å²) in [4.78, 5) is 46.8. The van der Waals surface area contributed by atoms with Gasteiger partial charge in [-0.2, -0.15) is 0 Å². The van der Waals surface area contributed by atoms with Gasteiger partial charge in [-0.05, 0) is 75.1 Å². The largest absolute Gasteiger partial charge is 0.457 e. The SMILES string of the molecule is CC1(C)C(=O)N(c2ccc3c(c2)COC3=O)C(=S)N1CCCCCN1CCN(C(=O)Cc2cccs2)CC1. The van der Waals surface area contributed by atoms with Gasteiger partial charge in [0.25, 0.3) is 5.91 Å². The van der Waals surface area contributed by atoms with Gasteiger partial charge in [-0.15, -0.1) is 11.3 Å². The van der Waals surface area contributed by atoms with Crippen LogP contribution in [0.3, 0.4) is 0 Å². The van der Waals surface area contributed by atoms with Crippen LogP contribution in [0, 0.1) is 0 Å². The Bertz CT molecular complexity index is 1220. The number of carbonyl (C=O) groups excluding carboxylic acids is 3. The Kier molecular flexibility index (Phi) is 7.83. The lowest BCUT2D eigenvalue weighted by atomic mass is 10.0. The smallest absolute Gasteiger partial charge is 0.338 e. The number of benzene rings is 1. The van der Waals surface area contributed by atoms with E-state index in [1.165, 1.54) is 0 Å². The highest BCUT2D eigenvalue weighted by Gasteiger charge is 2.49. The van der Waals surface area contributed by atoms with Crippen LogP contribution in [-0.2, 0) is 27.4 Å². The summed E-state index contributed by atoms with van der Waals surface area (Å²) in [5.41, 5.74) is 1.29. The Morgan fingerprint density at radius 2 is 1.82 bits per heavy atom. The van der Waals surface area contributed by atoms with E-state index in [0.717, 1.165) is 62.4 Å². The minimum atomic E-state index is -0.728. The molecular formula is C28H34N4O4S2. The number of cyclic esters (lactones) is 1. The van der Waals surface area contributed by atoms with Crippen LogP contribution in [0.2, 0.25) is 0 Å². The molecule has 5 rings (SSSR count). The fraction of sp³-hybridized carbons (Fsp3) is 0.500. The molecule has 0 N–H and O–H groups in total. The molecule has 3 aliphatic rings. The summed E-state index contributed by atoms with van der Waals surface area (Å²) >= 11 is 7.40. The predicted molar refractivity (Wildman–Crippen MR) is 151 cm³/mol. The lowest BCUT2D eigenvalue weighted by Gasteiger charge is -2.35. The van der Waals surface area contributed by atoms with Crippen LogP contribution in [0.5, 0.6) is 0 Å². The Balaban J connectivity index is 1.06. The molecule has 0 saturated carbocycles. The number of piperazine rings is 1. The third kappa shape index (κ3) is 5.34. The van der Waals surface area contributed by atoms with E-state index in [0.29, 0.717) is 29.3 Å². The molecule has 2 amide bonds. The van der Waals surface area contributed by atoms with Gasteiger partial charge in [-0.25, -0.2) is 4.79 Å². The second kappa shape index (κ2) is 11.1. The zero-order chi connectivity index (χ0) is 26.9. The number of unbranched alkanes of at least 4 members (excludes halogenated alkanes) is 2. The van der Waals surface area contributed by atoms with Crippen molar-refractivity contribution in [2.24, 2.45) is 0 Å². The van der Waals surface area contributed by atoms with Crippen molar-refractivity contribution in [2.45, 2.75) is 51.7 Å². The predicted octanol–water partition coefficient (Wildman–Crippen LogP) is 3.69. The fourth-order valence-electron chi connectivity index (χ4n) is 5.37. The zero-order valence-corrected chi connectivity index (χ0v) is 23.6. The van der Waals surface area contributed by atoms with Gasteiger partial charge in [0, 0.05) is 43.2 Å². The zero-order valence-electron chi connectivity index (χ0n) is 22.0. The van der Waals surface area contributed by atoms with Gasteiger partial charge in [0.2, 0.25) is 5.91 Å². The molecule has 2 aromatic rings. The molecule has 0 spiro atoms. The highest BCUT2D eigenvalue weighted by molar-refractivity contribution is 7.80. The molecule has 2 fully saturated rings. The second-order valence-corrected chi connectivity index (χ2v) is 12.0. The van der Waals surface area contributed by atoms with E-state index in [9.17, 15) is 14.4 Å². The van der Waals surface area contributed by atoms with Crippen molar-refractivity contribution < 1.29 is 19.1 Å². The summed E-state index contributed by atoms with van der Waals surface area (Å²) in [7, 11) is 0. The lowest BCUT2D eigenvalue weighted by Crippen LogP contribution is -2.49. The minimum absolute atomic E-state index is 0.0563. The van der Waals surface area contributed by atoms with E-state index in [-0.39, 0.29) is 24.4 Å². The van der Waals surface area contributed by atoms with Gasteiger partial charge < -0.3 is 14.5 Å². The maximum atomic E-state index is 13.3. The van der Waals surface area contributed by atoms with Gasteiger partial charge in [0.05, 0.1) is 17.7 Å². The molecule has 4 heterocycles. The Labute approximate surface area is 233 Å². The van der Waals surface area contributed by atoms with Gasteiger partial charge in [0.15, 0.2) is 5.11 Å². The molecule has 0 unspecified atom stereocenters. The average molecular weight is 555 g/mol. The normalized spacial score (nSPS) is 19.3. The summed E-state index contributed by atoms with van der Waals surface area (Å²) in [5.74, 6) is -0.158. The van der Waals surface area contributed by atoms with Crippen LogP contribution >= 0.6 is 23.6 Å². The molecule has 1 aromatic carbocycles. The topological polar surface area (TPSA) is 73.4 Å². The highest BCUT2D eigenvalue weighted by Crippen LogP contribution is 2.34. The molecule has 0 bridgehead atoms. The van der Waals surface area contributed by atoms with Crippen LogP contribution in [0.15, 0.2) is 35.7 Å².